The van der Waals surface area contributed by atoms with Crippen LogP contribution in [0.3, 0.4) is 0 Å². The maximum Gasteiger partial charge on any atom is 0.335 e. The van der Waals surface area contributed by atoms with Crippen molar-refractivity contribution in [3.8, 4) is 5.75 Å². The SMILES string of the molecule is CC1=CC(=O)C2=C(C1=O)[C@@H](c1ccc(O)c(F)c1)C1=CC[C@@H]3C(=O)N(c4cccc(C(=O)O)c4)C(=O)[C@@H]3[C@@H]1C2. The first-order chi connectivity index (χ1) is 18.6. The second-order valence-corrected chi connectivity index (χ2v) is 10.3. The van der Waals surface area contributed by atoms with Gasteiger partial charge in [0.25, 0.3) is 0 Å². The van der Waals surface area contributed by atoms with E-state index in [9.17, 15) is 38.6 Å². The number of rotatable bonds is 3. The molecule has 2 aromatic carbocycles. The van der Waals surface area contributed by atoms with Crippen LogP contribution in [0.15, 0.2) is 76.9 Å². The minimum absolute atomic E-state index is 0.0653. The summed E-state index contributed by atoms with van der Waals surface area (Å²) in [5, 5.41) is 19.2. The van der Waals surface area contributed by atoms with Crippen LogP contribution >= 0.6 is 0 Å². The number of halogens is 1. The Balaban J connectivity index is 1.48. The zero-order valence-corrected chi connectivity index (χ0v) is 20.7. The fourth-order valence-electron chi connectivity index (χ4n) is 6.48. The molecule has 0 saturated carbocycles. The maximum atomic E-state index is 14.5. The third kappa shape index (κ3) is 3.60. The summed E-state index contributed by atoms with van der Waals surface area (Å²) in [5.74, 6) is -7.34. The van der Waals surface area contributed by atoms with Crippen molar-refractivity contribution in [2.24, 2.45) is 17.8 Å². The molecular formula is C30H22FNO7. The zero-order valence-electron chi connectivity index (χ0n) is 20.7. The van der Waals surface area contributed by atoms with E-state index in [0.29, 0.717) is 11.1 Å². The van der Waals surface area contributed by atoms with E-state index >= 15 is 0 Å². The number of anilines is 1. The predicted octanol–water partition coefficient (Wildman–Crippen LogP) is 3.86. The van der Waals surface area contributed by atoms with Crippen LogP contribution in [0.25, 0.3) is 0 Å². The first-order valence-electron chi connectivity index (χ1n) is 12.5. The summed E-state index contributed by atoms with van der Waals surface area (Å²) >= 11 is 0. The molecule has 4 aliphatic rings. The summed E-state index contributed by atoms with van der Waals surface area (Å²) in [5.41, 5.74) is 1.80. The van der Waals surface area contributed by atoms with Crippen LogP contribution < -0.4 is 4.90 Å². The molecule has 0 spiro atoms. The lowest BCUT2D eigenvalue weighted by molar-refractivity contribution is -0.123. The molecule has 1 heterocycles. The highest BCUT2D eigenvalue weighted by atomic mass is 19.1. The predicted molar refractivity (Wildman–Crippen MR) is 135 cm³/mol. The summed E-state index contributed by atoms with van der Waals surface area (Å²) in [4.78, 5) is 66.3. The minimum Gasteiger partial charge on any atom is -0.505 e. The van der Waals surface area contributed by atoms with Crippen molar-refractivity contribution in [1.29, 1.82) is 0 Å². The second kappa shape index (κ2) is 8.69. The van der Waals surface area contributed by atoms with Gasteiger partial charge in [-0.3, -0.25) is 24.1 Å². The molecule has 8 nitrogen and oxygen atoms in total. The minimum atomic E-state index is -1.20. The Morgan fingerprint density at radius 2 is 1.79 bits per heavy atom. The number of carboxylic acid groups (broad SMARTS) is 1. The third-order valence-corrected chi connectivity index (χ3v) is 8.22. The lowest BCUT2D eigenvalue weighted by Gasteiger charge is -2.42. The molecule has 2 aromatic rings. The number of benzene rings is 2. The average Bonchev–Trinajstić information content (AvgIpc) is 3.17. The smallest absolute Gasteiger partial charge is 0.335 e. The van der Waals surface area contributed by atoms with E-state index in [1.165, 1.54) is 49.4 Å². The summed E-state index contributed by atoms with van der Waals surface area (Å²) in [7, 11) is 0. The van der Waals surface area contributed by atoms with Crippen LogP contribution in [-0.4, -0.2) is 39.6 Å². The van der Waals surface area contributed by atoms with Crippen molar-refractivity contribution in [2.45, 2.75) is 25.7 Å². The number of aromatic hydroxyl groups is 1. The number of allylic oxidation sites excluding steroid dienone is 6. The Morgan fingerprint density at radius 3 is 2.51 bits per heavy atom. The van der Waals surface area contributed by atoms with Crippen LogP contribution in [0, 0.1) is 23.6 Å². The number of imide groups is 1. The Kier molecular flexibility index (Phi) is 5.50. The molecule has 1 saturated heterocycles. The monoisotopic (exact) mass is 527 g/mol. The van der Waals surface area contributed by atoms with Crippen molar-refractivity contribution in [1.82, 2.24) is 0 Å². The van der Waals surface area contributed by atoms with Crippen molar-refractivity contribution >= 4 is 35.0 Å². The summed E-state index contributed by atoms with van der Waals surface area (Å²) in [6.45, 7) is 1.54. The molecule has 1 fully saturated rings. The number of aromatic carboxylic acids is 1. The largest absolute Gasteiger partial charge is 0.505 e. The number of phenols is 1. The van der Waals surface area contributed by atoms with Gasteiger partial charge in [0.2, 0.25) is 11.8 Å². The molecular weight excluding hydrogens is 505 g/mol. The van der Waals surface area contributed by atoms with Crippen LogP contribution in [-0.2, 0) is 19.2 Å². The van der Waals surface area contributed by atoms with E-state index in [2.05, 4.69) is 0 Å². The van der Waals surface area contributed by atoms with Crippen molar-refractivity contribution in [2.75, 3.05) is 4.90 Å². The van der Waals surface area contributed by atoms with Crippen LogP contribution in [0.4, 0.5) is 10.1 Å². The van der Waals surface area contributed by atoms with Crippen LogP contribution in [0.5, 0.6) is 5.75 Å². The van der Waals surface area contributed by atoms with E-state index in [-0.39, 0.29) is 52.4 Å². The van der Waals surface area contributed by atoms with Gasteiger partial charge in [-0.05, 0) is 67.7 Å². The highest BCUT2D eigenvalue weighted by Crippen LogP contribution is 2.55. The van der Waals surface area contributed by atoms with Crippen molar-refractivity contribution < 1.29 is 38.6 Å². The number of carbonyl (C=O) groups is 5. The molecule has 2 amide bonds. The molecule has 39 heavy (non-hydrogen) atoms. The number of amides is 2. The number of ketones is 2. The summed E-state index contributed by atoms with van der Waals surface area (Å²) in [6, 6.07) is 9.37. The second-order valence-electron chi connectivity index (χ2n) is 10.3. The molecule has 9 heteroatoms. The Labute approximate surface area is 221 Å². The number of Topliss-reactive ketones (excluding diaryl/α,β-unsaturated/α-hetero) is 1. The standard InChI is InChI=1S/C30H22FNO7/c1-13-9-23(34)20-12-19-17(24(26(20)27(13)35)14-5-8-22(33)21(31)11-14)6-7-18-25(19)29(37)32(28(18)36)16-4-2-3-15(10-16)30(38)39/h2-6,8-11,18-19,24-25,33H,7,12H2,1H3,(H,38,39)/t18-,19+,24-,25-/m0/s1. The molecule has 0 unspecified atom stereocenters. The molecule has 0 aromatic heterocycles. The van der Waals surface area contributed by atoms with E-state index in [1.54, 1.807) is 6.08 Å². The lowest BCUT2D eigenvalue weighted by atomic mass is 9.59. The zero-order chi connectivity index (χ0) is 27.7. The highest BCUT2D eigenvalue weighted by Gasteiger charge is 2.56. The average molecular weight is 528 g/mol. The number of fused-ring (bicyclic) bond motifs is 3. The molecule has 4 atom stereocenters. The van der Waals surface area contributed by atoms with Gasteiger partial charge in [-0.25, -0.2) is 9.18 Å². The number of carboxylic acids is 1. The van der Waals surface area contributed by atoms with Gasteiger partial charge in [0.05, 0.1) is 23.1 Å². The normalized spacial score (nSPS) is 26.2. The molecule has 0 radical (unpaired) electrons. The molecule has 0 bridgehead atoms. The lowest BCUT2D eigenvalue weighted by Crippen LogP contribution is -2.39. The summed E-state index contributed by atoms with van der Waals surface area (Å²) in [6.07, 6.45) is 3.32. The van der Waals surface area contributed by atoms with Gasteiger partial charge in [-0.15, -0.1) is 0 Å². The van der Waals surface area contributed by atoms with E-state index in [0.717, 1.165) is 11.0 Å². The Bertz CT molecular complexity index is 1630. The van der Waals surface area contributed by atoms with Gasteiger partial charge >= 0.3 is 5.97 Å². The number of nitrogens with zero attached hydrogens (tertiary/aromatic N) is 1. The maximum absolute atomic E-state index is 14.5. The number of hydrogen-bond donors (Lipinski definition) is 2. The van der Waals surface area contributed by atoms with Crippen LogP contribution in [0.1, 0.15) is 41.6 Å². The molecule has 6 rings (SSSR count). The van der Waals surface area contributed by atoms with Gasteiger partial charge in [0, 0.05) is 22.6 Å². The topological polar surface area (TPSA) is 129 Å². The molecule has 3 aliphatic carbocycles. The Morgan fingerprint density at radius 1 is 1.03 bits per heavy atom. The molecule has 196 valence electrons. The van der Waals surface area contributed by atoms with Gasteiger partial charge in [-0.1, -0.05) is 23.8 Å². The van der Waals surface area contributed by atoms with E-state index in [4.69, 9.17) is 0 Å². The molecule has 2 N–H and O–H groups in total. The quantitative estimate of drug-likeness (QED) is 0.352. The fraction of sp³-hybridized carbons (Fsp3) is 0.233. The number of carbonyl (C=O) groups excluding carboxylic acids is 4. The van der Waals surface area contributed by atoms with Gasteiger partial charge in [-0.2, -0.15) is 0 Å². The summed E-state index contributed by atoms with van der Waals surface area (Å²) < 4.78 is 14.5. The number of phenolic OH excluding ortho intramolecular Hbond substituents is 1. The number of hydrogen-bond acceptors (Lipinski definition) is 6. The first-order valence-corrected chi connectivity index (χ1v) is 12.5. The van der Waals surface area contributed by atoms with Crippen LogP contribution in [0.2, 0.25) is 0 Å². The van der Waals surface area contributed by atoms with Gasteiger partial charge < -0.3 is 10.2 Å². The van der Waals surface area contributed by atoms with Crippen molar-refractivity contribution in [3.05, 3.63) is 93.9 Å². The molecule has 1 aliphatic heterocycles. The van der Waals surface area contributed by atoms with E-state index in [1.807, 2.05) is 0 Å². The third-order valence-electron chi connectivity index (χ3n) is 8.22. The Hall–Kier alpha value is -4.66. The highest BCUT2D eigenvalue weighted by molar-refractivity contribution is 6.25. The fourth-order valence-corrected chi connectivity index (χ4v) is 6.48. The van der Waals surface area contributed by atoms with Gasteiger partial charge in [0.15, 0.2) is 23.1 Å². The van der Waals surface area contributed by atoms with E-state index < -0.39 is 53.0 Å². The first kappa shape index (κ1) is 24.7. The van der Waals surface area contributed by atoms with Gasteiger partial charge in [0.1, 0.15) is 0 Å². The van der Waals surface area contributed by atoms with Crippen molar-refractivity contribution in [3.63, 3.8) is 0 Å².